The minimum atomic E-state index is -0.760. The fourth-order valence-corrected chi connectivity index (χ4v) is 5.13. The van der Waals surface area contributed by atoms with Crippen molar-refractivity contribution in [1.29, 1.82) is 5.26 Å². The van der Waals surface area contributed by atoms with E-state index in [1.165, 1.54) is 0 Å². The van der Waals surface area contributed by atoms with E-state index in [2.05, 4.69) is 39.1 Å². The maximum absolute atomic E-state index is 12.9. The number of thiophene rings is 1. The highest BCUT2D eigenvalue weighted by atomic mass is 127. The number of carbonyl (C=O) groups excluding carboxylic acids is 1. The largest absolute Gasteiger partial charge is 0.332 e. The van der Waals surface area contributed by atoms with Gasteiger partial charge in [-0.25, -0.2) is 4.68 Å². The summed E-state index contributed by atoms with van der Waals surface area (Å²) in [6.07, 6.45) is 1.32. The molecule has 1 saturated carbocycles. The van der Waals surface area contributed by atoms with Crippen molar-refractivity contribution in [3.05, 3.63) is 54.5 Å². The number of nitrogens with zero attached hydrogens (tertiary/aromatic N) is 3. The van der Waals surface area contributed by atoms with Crippen LogP contribution in [0.15, 0.2) is 30.3 Å². The monoisotopic (exact) mass is 542 g/mol. The molecule has 0 aliphatic heterocycles. The number of halogens is 3. The van der Waals surface area contributed by atoms with E-state index in [-0.39, 0.29) is 11.6 Å². The van der Waals surface area contributed by atoms with E-state index in [1.807, 2.05) is 19.1 Å². The van der Waals surface area contributed by atoms with E-state index in [0.29, 0.717) is 28.6 Å². The van der Waals surface area contributed by atoms with Gasteiger partial charge in [0, 0.05) is 10.6 Å². The fraction of sp³-hybridized carbons (Fsp3) is 0.211. The molecule has 4 rings (SSSR count). The molecule has 0 atom stereocenters. The lowest BCUT2D eigenvalue weighted by molar-refractivity contribution is 0.0935. The Kier molecular flexibility index (Phi) is 5.16. The first-order chi connectivity index (χ1) is 13.3. The molecular formula is C19H13Cl2IN4OS. The number of rotatable bonds is 4. The molecule has 2 heterocycles. The third-order valence-corrected chi connectivity index (χ3v) is 7.04. The van der Waals surface area contributed by atoms with E-state index in [4.69, 9.17) is 23.2 Å². The van der Waals surface area contributed by atoms with Crippen molar-refractivity contribution in [1.82, 2.24) is 15.1 Å². The molecule has 1 aromatic carbocycles. The number of hydrogen-bond acceptors (Lipinski definition) is 4. The van der Waals surface area contributed by atoms with E-state index >= 15 is 0 Å². The number of benzene rings is 1. The molecular weight excluding hydrogens is 530 g/mol. The third-order valence-electron chi connectivity index (χ3n) is 4.60. The van der Waals surface area contributed by atoms with E-state index in [9.17, 15) is 10.1 Å². The van der Waals surface area contributed by atoms with Gasteiger partial charge in [0.25, 0.3) is 5.91 Å². The van der Waals surface area contributed by atoms with Gasteiger partial charge in [-0.05, 0) is 72.7 Å². The Balaban J connectivity index is 1.87. The number of carbonyl (C=O) groups is 1. The second-order valence-electron chi connectivity index (χ2n) is 6.58. The lowest BCUT2D eigenvalue weighted by Gasteiger charge is -2.09. The molecule has 0 radical (unpaired) electrons. The summed E-state index contributed by atoms with van der Waals surface area (Å²) >= 11 is 16.3. The normalized spacial score (nSPS) is 14.5. The molecule has 5 nitrogen and oxygen atoms in total. The molecule has 0 bridgehead atoms. The van der Waals surface area contributed by atoms with Crippen LogP contribution in [-0.2, 0) is 0 Å². The van der Waals surface area contributed by atoms with Crippen LogP contribution in [0.3, 0.4) is 0 Å². The molecule has 3 aromatic rings. The second-order valence-corrected chi connectivity index (χ2v) is 10.4. The van der Waals surface area contributed by atoms with Gasteiger partial charge in [-0.2, -0.15) is 10.4 Å². The number of hydrogen-bond donors (Lipinski definition) is 1. The Morgan fingerprint density at radius 2 is 2.11 bits per heavy atom. The predicted molar refractivity (Wildman–Crippen MR) is 119 cm³/mol. The molecule has 1 aliphatic carbocycles. The smallest absolute Gasteiger partial charge is 0.273 e. The topological polar surface area (TPSA) is 70.7 Å². The number of amides is 1. The highest BCUT2D eigenvalue weighted by Crippen LogP contribution is 2.38. The quantitative estimate of drug-likeness (QED) is 0.436. The zero-order chi connectivity index (χ0) is 20.1. The Morgan fingerprint density at radius 3 is 2.68 bits per heavy atom. The molecule has 1 amide bonds. The van der Waals surface area contributed by atoms with Crippen molar-refractivity contribution in [3.63, 3.8) is 0 Å². The molecule has 0 saturated heterocycles. The molecule has 2 aromatic heterocycles. The van der Waals surface area contributed by atoms with Crippen molar-refractivity contribution >= 4 is 63.0 Å². The van der Waals surface area contributed by atoms with E-state index in [0.717, 1.165) is 19.0 Å². The summed E-state index contributed by atoms with van der Waals surface area (Å²) in [4.78, 5) is 13.8. The SMILES string of the molecule is Cc1c(C(=O)NC2(C#N)CC2)nn(-c2ccc(Cl)cc2Cl)c1-c1ccc(I)s1. The molecule has 1 fully saturated rings. The highest BCUT2D eigenvalue weighted by Gasteiger charge is 2.45. The summed E-state index contributed by atoms with van der Waals surface area (Å²) in [7, 11) is 0. The Bertz CT molecular complexity index is 1140. The van der Waals surface area contributed by atoms with Crippen molar-refractivity contribution in [3.8, 4) is 22.3 Å². The van der Waals surface area contributed by atoms with Crippen LogP contribution < -0.4 is 5.32 Å². The Morgan fingerprint density at radius 1 is 1.36 bits per heavy atom. The van der Waals surface area contributed by atoms with Gasteiger partial charge in [0.2, 0.25) is 0 Å². The first kappa shape index (κ1) is 19.7. The average Bonchev–Trinajstić information content (AvgIpc) is 3.15. The summed E-state index contributed by atoms with van der Waals surface area (Å²) in [5, 5.41) is 17.6. The predicted octanol–water partition coefficient (Wildman–Crippen LogP) is 5.61. The fourth-order valence-electron chi connectivity index (χ4n) is 2.94. The maximum Gasteiger partial charge on any atom is 0.273 e. The molecule has 142 valence electrons. The highest BCUT2D eigenvalue weighted by molar-refractivity contribution is 14.1. The van der Waals surface area contributed by atoms with Crippen LogP contribution in [0.5, 0.6) is 0 Å². The molecule has 1 aliphatic rings. The second kappa shape index (κ2) is 7.34. The van der Waals surface area contributed by atoms with Crippen molar-refractivity contribution in [2.75, 3.05) is 0 Å². The lowest BCUT2D eigenvalue weighted by Crippen LogP contribution is -2.36. The maximum atomic E-state index is 12.9. The molecule has 0 unspecified atom stereocenters. The van der Waals surface area contributed by atoms with Crippen molar-refractivity contribution in [2.45, 2.75) is 25.3 Å². The number of aromatic nitrogens is 2. The summed E-state index contributed by atoms with van der Waals surface area (Å²) in [5.41, 5.74) is 1.68. The van der Waals surface area contributed by atoms with Crippen LogP contribution in [0.4, 0.5) is 0 Å². The Labute approximate surface area is 189 Å². The van der Waals surface area contributed by atoms with E-state index < -0.39 is 5.54 Å². The van der Waals surface area contributed by atoms with Crippen LogP contribution in [0.2, 0.25) is 10.0 Å². The molecule has 9 heteroatoms. The van der Waals surface area contributed by atoms with E-state index in [1.54, 1.807) is 34.2 Å². The molecule has 28 heavy (non-hydrogen) atoms. The minimum Gasteiger partial charge on any atom is -0.332 e. The third kappa shape index (κ3) is 3.54. The zero-order valence-corrected chi connectivity index (χ0v) is 19.1. The van der Waals surface area contributed by atoms with Crippen molar-refractivity contribution in [2.24, 2.45) is 0 Å². The standard InChI is InChI=1S/C19H13Cl2IN4OS/c1-10-16(18(27)24-19(9-23)6-7-19)25-26(13-3-2-11(20)8-12(13)21)17(10)14-4-5-15(22)28-14/h2-5,8H,6-7H2,1H3,(H,24,27). The van der Waals surface area contributed by atoms with Gasteiger partial charge in [0.15, 0.2) is 5.69 Å². The van der Waals surface area contributed by atoms with Crippen LogP contribution in [0.1, 0.15) is 28.9 Å². The van der Waals surface area contributed by atoms with Gasteiger partial charge < -0.3 is 5.32 Å². The van der Waals surface area contributed by atoms with Gasteiger partial charge in [-0.3, -0.25) is 4.79 Å². The van der Waals surface area contributed by atoms with Crippen molar-refractivity contribution < 1.29 is 4.79 Å². The van der Waals surface area contributed by atoms with Crippen LogP contribution in [0.25, 0.3) is 16.3 Å². The van der Waals surface area contributed by atoms with Crippen LogP contribution in [0, 0.1) is 21.1 Å². The van der Waals surface area contributed by atoms with Crippen LogP contribution >= 0.6 is 57.1 Å². The Hall–Kier alpha value is -1.60. The van der Waals surface area contributed by atoms with Gasteiger partial charge >= 0.3 is 0 Å². The zero-order valence-electron chi connectivity index (χ0n) is 14.6. The van der Waals surface area contributed by atoms with Crippen LogP contribution in [-0.4, -0.2) is 21.2 Å². The van der Waals surface area contributed by atoms with Gasteiger partial charge in [-0.1, -0.05) is 23.2 Å². The summed E-state index contributed by atoms with van der Waals surface area (Å²) < 4.78 is 2.80. The first-order valence-corrected chi connectivity index (χ1v) is 11.0. The molecule has 0 spiro atoms. The van der Waals surface area contributed by atoms with Gasteiger partial charge in [-0.15, -0.1) is 11.3 Å². The summed E-state index contributed by atoms with van der Waals surface area (Å²) in [5.74, 6) is -0.354. The molecule has 1 N–H and O–H groups in total. The summed E-state index contributed by atoms with van der Waals surface area (Å²) in [6.45, 7) is 1.86. The lowest BCUT2D eigenvalue weighted by atomic mass is 10.1. The first-order valence-electron chi connectivity index (χ1n) is 8.38. The van der Waals surface area contributed by atoms with Gasteiger partial charge in [0.05, 0.1) is 30.2 Å². The number of nitrogens with one attached hydrogen (secondary N) is 1. The average molecular weight is 543 g/mol. The number of nitriles is 1. The van der Waals surface area contributed by atoms with Gasteiger partial charge in [0.1, 0.15) is 5.54 Å². The summed E-state index contributed by atoms with van der Waals surface area (Å²) in [6, 6.07) is 11.3. The minimum absolute atomic E-state index is 0.283.